The number of hydrogen-bond donors (Lipinski definition) is 1. The molecule has 0 bridgehead atoms. The summed E-state index contributed by atoms with van der Waals surface area (Å²) in [6.45, 7) is 10.4. The maximum atomic E-state index is 3.70. The van der Waals surface area contributed by atoms with Crippen molar-refractivity contribution in [2.45, 2.75) is 52.5 Å². The molecule has 2 heteroatoms. The van der Waals surface area contributed by atoms with Crippen LogP contribution in [0.2, 0.25) is 0 Å². The smallest absolute Gasteiger partial charge is 0.00967 e. The maximum absolute atomic E-state index is 3.70. The molecule has 1 nitrogen and oxygen atoms in total. The molecule has 1 unspecified atom stereocenters. The zero-order chi connectivity index (χ0) is 12.5. The highest BCUT2D eigenvalue weighted by Gasteiger charge is 2.41. The highest BCUT2D eigenvalue weighted by Crippen LogP contribution is 2.47. The predicted octanol–water partition coefficient (Wildman–Crippen LogP) is 4.10. The van der Waals surface area contributed by atoms with Gasteiger partial charge < -0.3 is 5.32 Å². The van der Waals surface area contributed by atoms with E-state index in [1.54, 1.807) is 0 Å². The standard InChI is InChI=1S/C15H25NS/c1-14(2,3)16-11-15(4,12-7-8-12)10-13-6-5-9-17-13/h5-6,9,12,16H,7-8,10-11H2,1-4H3. The van der Waals surface area contributed by atoms with Crippen LogP contribution in [-0.4, -0.2) is 12.1 Å². The molecule has 0 saturated heterocycles. The van der Waals surface area contributed by atoms with E-state index in [0.29, 0.717) is 5.41 Å². The third-order valence-electron chi connectivity index (χ3n) is 3.74. The quantitative estimate of drug-likeness (QED) is 0.831. The lowest BCUT2D eigenvalue weighted by molar-refractivity contribution is 0.229. The Kier molecular flexibility index (Phi) is 3.65. The van der Waals surface area contributed by atoms with E-state index in [1.807, 2.05) is 11.3 Å². The minimum atomic E-state index is 0.228. The summed E-state index contributed by atoms with van der Waals surface area (Å²) < 4.78 is 0. The first-order chi connectivity index (χ1) is 7.89. The first kappa shape index (κ1) is 13.1. The highest BCUT2D eigenvalue weighted by molar-refractivity contribution is 7.09. The minimum Gasteiger partial charge on any atom is -0.312 e. The summed E-state index contributed by atoms with van der Waals surface area (Å²) in [4.78, 5) is 1.54. The fourth-order valence-electron chi connectivity index (χ4n) is 2.41. The van der Waals surface area contributed by atoms with E-state index in [4.69, 9.17) is 0 Å². The van der Waals surface area contributed by atoms with E-state index in [2.05, 4.69) is 50.5 Å². The van der Waals surface area contributed by atoms with E-state index in [-0.39, 0.29) is 5.54 Å². The Hall–Kier alpha value is -0.340. The van der Waals surface area contributed by atoms with Gasteiger partial charge in [-0.25, -0.2) is 0 Å². The third-order valence-corrected chi connectivity index (χ3v) is 4.62. The molecule has 1 heterocycles. The monoisotopic (exact) mass is 251 g/mol. The van der Waals surface area contributed by atoms with Crippen LogP contribution in [0.5, 0.6) is 0 Å². The van der Waals surface area contributed by atoms with Gasteiger partial charge in [0.2, 0.25) is 0 Å². The average Bonchev–Trinajstić information content (AvgIpc) is 2.97. The number of hydrogen-bond acceptors (Lipinski definition) is 2. The molecule has 0 spiro atoms. The summed E-state index contributed by atoms with van der Waals surface area (Å²) in [5.74, 6) is 0.930. The fraction of sp³-hybridized carbons (Fsp3) is 0.733. The van der Waals surface area contributed by atoms with Crippen LogP contribution in [0.15, 0.2) is 17.5 Å². The molecule has 0 aliphatic heterocycles. The van der Waals surface area contributed by atoms with E-state index in [1.165, 1.54) is 24.1 Å². The third kappa shape index (κ3) is 3.82. The van der Waals surface area contributed by atoms with Gasteiger partial charge in [0.1, 0.15) is 0 Å². The Morgan fingerprint density at radius 3 is 2.47 bits per heavy atom. The van der Waals surface area contributed by atoms with Crippen molar-refractivity contribution in [2.24, 2.45) is 11.3 Å². The van der Waals surface area contributed by atoms with E-state index in [9.17, 15) is 0 Å². The van der Waals surface area contributed by atoms with E-state index < -0.39 is 0 Å². The summed E-state index contributed by atoms with van der Waals surface area (Å²) in [6, 6.07) is 4.45. The van der Waals surface area contributed by atoms with Gasteiger partial charge in [-0.2, -0.15) is 0 Å². The van der Waals surface area contributed by atoms with Crippen LogP contribution in [0.4, 0.5) is 0 Å². The highest BCUT2D eigenvalue weighted by atomic mass is 32.1. The topological polar surface area (TPSA) is 12.0 Å². The largest absolute Gasteiger partial charge is 0.312 e. The number of thiophene rings is 1. The second kappa shape index (κ2) is 4.74. The normalized spacial score (nSPS) is 20.2. The molecule has 1 aliphatic rings. The van der Waals surface area contributed by atoms with E-state index >= 15 is 0 Å². The van der Waals surface area contributed by atoms with Crippen LogP contribution in [0.1, 0.15) is 45.4 Å². The molecule has 2 rings (SSSR count). The van der Waals surface area contributed by atoms with Crippen molar-refractivity contribution in [3.05, 3.63) is 22.4 Å². The lowest BCUT2D eigenvalue weighted by Gasteiger charge is -2.34. The summed E-state index contributed by atoms with van der Waals surface area (Å²) in [5, 5.41) is 5.90. The Morgan fingerprint density at radius 2 is 2.00 bits per heavy atom. The lowest BCUT2D eigenvalue weighted by atomic mass is 9.80. The number of rotatable bonds is 5. The van der Waals surface area contributed by atoms with Crippen LogP contribution in [0.3, 0.4) is 0 Å². The zero-order valence-corrected chi connectivity index (χ0v) is 12.4. The zero-order valence-electron chi connectivity index (χ0n) is 11.5. The fourth-order valence-corrected chi connectivity index (χ4v) is 3.31. The summed E-state index contributed by atoms with van der Waals surface area (Å²) >= 11 is 1.90. The SMILES string of the molecule is CC(C)(C)NCC(C)(Cc1cccs1)C1CC1. The molecule has 0 aromatic carbocycles. The molecular formula is C15H25NS. The van der Waals surface area contributed by atoms with Crippen LogP contribution < -0.4 is 5.32 Å². The molecule has 0 amide bonds. The molecule has 17 heavy (non-hydrogen) atoms. The first-order valence-electron chi connectivity index (χ1n) is 6.66. The molecular weight excluding hydrogens is 226 g/mol. The summed E-state index contributed by atoms with van der Waals surface area (Å²) in [5.41, 5.74) is 0.670. The van der Waals surface area contributed by atoms with Gasteiger partial charge in [-0.15, -0.1) is 11.3 Å². The number of nitrogens with one attached hydrogen (secondary N) is 1. The van der Waals surface area contributed by atoms with Crippen LogP contribution in [0.25, 0.3) is 0 Å². The summed E-state index contributed by atoms with van der Waals surface area (Å²) in [7, 11) is 0. The Morgan fingerprint density at radius 1 is 1.29 bits per heavy atom. The van der Waals surface area contributed by atoms with Crippen molar-refractivity contribution in [1.82, 2.24) is 5.32 Å². The van der Waals surface area contributed by atoms with Gasteiger partial charge in [0.05, 0.1) is 0 Å². The Labute approximate surface area is 110 Å². The van der Waals surface area contributed by atoms with Gasteiger partial charge >= 0.3 is 0 Å². The molecule has 1 aromatic rings. The van der Waals surface area contributed by atoms with Crippen LogP contribution >= 0.6 is 11.3 Å². The van der Waals surface area contributed by atoms with Crippen molar-refractivity contribution in [3.8, 4) is 0 Å². The van der Waals surface area contributed by atoms with Gasteiger partial charge in [-0.05, 0) is 62.8 Å². The molecule has 1 saturated carbocycles. The van der Waals surface area contributed by atoms with Gasteiger partial charge in [0, 0.05) is 17.0 Å². The molecule has 96 valence electrons. The van der Waals surface area contributed by atoms with Crippen LogP contribution in [0, 0.1) is 11.3 Å². The van der Waals surface area contributed by atoms with Crippen molar-refractivity contribution < 1.29 is 0 Å². The first-order valence-corrected chi connectivity index (χ1v) is 7.54. The summed E-state index contributed by atoms with van der Waals surface area (Å²) in [6.07, 6.45) is 4.08. The minimum absolute atomic E-state index is 0.228. The van der Waals surface area contributed by atoms with E-state index in [0.717, 1.165) is 12.5 Å². The molecule has 1 aromatic heterocycles. The van der Waals surface area contributed by atoms with Gasteiger partial charge in [0.25, 0.3) is 0 Å². The van der Waals surface area contributed by atoms with Gasteiger partial charge in [-0.3, -0.25) is 0 Å². The lowest BCUT2D eigenvalue weighted by Crippen LogP contribution is -2.44. The second-order valence-electron chi connectivity index (χ2n) is 6.79. The molecule has 0 radical (unpaired) electrons. The Bertz CT molecular complexity index is 345. The van der Waals surface area contributed by atoms with Crippen molar-refractivity contribution >= 4 is 11.3 Å². The van der Waals surface area contributed by atoms with Gasteiger partial charge in [0.15, 0.2) is 0 Å². The molecule has 1 N–H and O–H groups in total. The van der Waals surface area contributed by atoms with Crippen molar-refractivity contribution in [1.29, 1.82) is 0 Å². The molecule has 1 fully saturated rings. The average molecular weight is 251 g/mol. The molecule has 1 atom stereocenters. The molecule has 1 aliphatic carbocycles. The maximum Gasteiger partial charge on any atom is 0.00967 e. The van der Waals surface area contributed by atoms with Gasteiger partial charge in [-0.1, -0.05) is 13.0 Å². The predicted molar refractivity (Wildman–Crippen MR) is 76.6 cm³/mol. The van der Waals surface area contributed by atoms with Crippen molar-refractivity contribution in [3.63, 3.8) is 0 Å². The Balaban J connectivity index is 1.99. The van der Waals surface area contributed by atoms with Crippen molar-refractivity contribution in [2.75, 3.05) is 6.54 Å². The second-order valence-corrected chi connectivity index (χ2v) is 7.82. The van der Waals surface area contributed by atoms with Crippen LogP contribution in [-0.2, 0) is 6.42 Å².